The first-order valence-electron chi connectivity index (χ1n) is 12.7. The van der Waals surface area contributed by atoms with Gasteiger partial charge in [-0.05, 0) is 12.8 Å². The Morgan fingerprint density at radius 3 is 1.12 bits per heavy atom. The Morgan fingerprint density at radius 1 is 0.438 bits per heavy atom. The van der Waals surface area contributed by atoms with E-state index in [2.05, 4.69) is 13.8 Å². The van der Waals surface area contributed by atoms with Crippen LogP contribution in [0.1, 0.15) is 97.3 Å². The summed E-state index contributed by atoms with van der Waals surface area (Å²) in [5, 5.41) is 0. The van der Waals surface area contributed by atoms with Crippen LogP contribution in [0, 0.1) is 0 Å². The second-order valence-corrected chi connectivity index (χ2v) is 7.96. The lowest BCUT2D eigenvalue weighted by molar-refractivity contribution is -0.146. The molecule has 0 aliphatic rings. The van der Waals surface area contributed by atoms with Gasteiger partial charge in [-0.25, -0.2) is 0 Å². The van der Waals surface area contributed by atoms with Crippen molar-refractivity contribution in [2.45, 2.75) is 97.3 Å². The predicted octanol–water partition coefficient (Wildman–Crippen LogP) is 5.23. The van der Waals surface area contributed by atoms with Crippen molar-refractivity contribution in [3.05, 3.63) is 0 Å². The van der Waals surface area contributed by atoms with Crippen molar-refractivity contribution in [2.24, 2.45) is 0 Å². The SMILES string of the molecule is CCCCCCCCC(=O)OCCOCCOCCOCCOC(=O)CCCCCCC. The van der Waals surface area contributed by atoms with Crippen molar-refractivity contribution >= 4 is 11.9 Å². The molecule has 0 radical (unpaired) electrons. The smallest absolute Gasteiger partial charge is 0.305 e. The summed E-state index contributed by atoms with van der Waals surface area (Å²) in [6.45, 7) is 7.52. The maximum Gasteiger partial charge on any atom is 0.305 e. The van der Waals surface area contributed by atoms with E-state index >= 15 is 0 Å². The molecule has 0 unspecified atom stereocenters. The molecule has 0 aromatic carbocycles. The van der Waals surface area contributed by atoms with E-state index in [1.54, 1.807) is 0 Å². The molecule has 32 heavy (non-hydrogen) atoms. The van der Waals surface area contributed by atoms with Crippen LogP contribution in [0.3, 0.4) is 0 Å². The summed E-state index contributed by atoms with van der Waals surface area (Å²) in [6, 6.07) is 0. The van der Waals surface area contributed by atoms with E-state index in [1.165, 1.54) is 44.9 Å². The summed E-state index contributed by atoms with van der Waals surface area (Å²) >= 11 is 0. The second-order valence-electron chi connectivity index (χ2n) is 7.96. The highest BCUT2D eigenvalue weighted by Crippen LogP contribution is 2.07. The lowest BCUT2D eigenvalue weighted by atomic mass is 10.1. The maximum atomic E-state index is 11.6. The quantitative estimate of drug-likeness (QED) is 0.136. The fraction of sp³-hybridized carbons (Fsp3) is 0.920. The van der Waals surface area contributed by atoms with Gasteiger partial charge >= 0.3 is 11.9 Å². The molecule has 0 atom stereocenters. The van der Waals surface area contributed by atoms with Gasteiger partial charge in [-0.15, -0.1) is 0 Å². The Labute approximate surface area is 195 Å². The van der Waals surface area contributed by atoms with Gasteiger partial charge in [0, 0.05) is 12.8 Å². The Kier molecular flexibility index (Phi) is 25.1. The number of hydrogen-bond donors (Lipinski definition) is 0. The molecular weight excluding hydrogens is 412 g/mol. The number of unbranched alkanes of at least 4 members (excludes halogenated alkanes) is 9. The number of ether oxygens (including phenoxy) is 5. The minimum atomic E-state index is -0.147. The van der Waals surface area contributed by atoms with Crippen LogP contribution in [-0.4, -0.2) is 64.8 Å². The molecule has 0 N–H and O–H groups in total. The summed E-state index contributed by atoms with van der Waals surface area (Å²) < 4.78 is 26.4. The minimum absolute atomic E-state index is 0.143. The maximum absolute atomic E-state index is 11.6. The van der Waals surface area contributed by atoms with E-state index in [1.807, 2.05) is 0 Å². The minimum Gasteiger partial charge on any atom is -0.463 e. The van der Waals surface area contributed by atoms with Crippen LogP contribution in [0.4, 0.5) is 0 Å². The van der Waals surface area contributed by atoms with Crippen molar-refractivity contribution in [3.63, 3.8) is 0 Å². The van der Waals surface area contributed by atoms with Gasteiger partial charge in [-0.1, -0.05) is 71.6 Å². The third-order valence-corrected chi connectivity index (χ3v) is 4.94. The molecule has 0 bridgehead atoms. The number of carbonyl (C=O) groups is 2. The summed E-state index contributed by atoms with van der Waals surface area (Å²) in [5.41, 5.74) is 0. The third kappa shape index (κ3) is 25.1. The molecule has 0 amide bonds. The van der Waals surface area contributed by atoms with Crippen LogP contribution in [-0.2, 0) is 33.3 Å². The molecule has 0 saturated carbocycles. The van der Waals surface area contributed by atoms with Crippen LogP contribution < -0.4 is 0 Å². The first-order chi connectivity index (χ1) is 15.7. The molecular formula is C25H48O7. The molecule has 0 fully saturated rings. The molecule has 0 aliphatic heterocycles. The molecule has 7 heteroatoms. The highest BCUT2D eigenvalue weighted by molar-refractivity contribution is 5.69. The third-order valence-electron chi connectivity index (χ3n) is 4.94. The van der Waals surface area contributed by atoms with Crippen LogP contribution in [0.25, 0.3) is 0 Å². The average Bonchev–Trinajstić information content (AvgIpc) is 2.79. The van der Waals surface area contributed by atoms with Gasteiger partial charge < -0.3 is 23.7 Å². The van der Waals surface area contributed by atoms with Crippen LogP contribution >= 0.6 is 0 Å². The van der Waals surface area contributed by atoms with Crippen LogP contribution in [0.2, 0.25) is 0 Å². The lowest BCUT2D eigenvalue weighted by Gasteiger charge is -2.08. The molecule has 190 valence electrons. The van der Waals surface area contributed by atoms with Crippen molar-refractivity contribution in [3.8, 4) is 0 Å². The topological polar surface area (TPSA) is 80.3 Å². The van der Waals surface area contributed by atoms with Crippen molar-refractivity contribution in [1.82, 2.24) is 0 Å². The monoisotopic (exact) mass is 460 g/mol. The Balaban J connectivity index is 3.20. The van der Waals surface area contributed by atoms with Crippen LogP contribution in [0.15, 0.2) is 0 Å². The zero-order chi connectivity index (χ0) is 23.5. The standard InChI is InChI=1S/C25H48O7/c1-3-5-7-9-11-13-15-25(27)32-23-21-30-19-17-28-16-18-29-20-22-31-24(26)14-12-10-8-6-4-2/h3-23H2,1-2H3. The highest BCUT2D eigenvalue weighted by Gasteiger charge is 2.03. The fourth-order valence-corrected chi connectivity index (χ4v) is 3.04. The van der Waals surface area contributed by atoms with Gasteiger partial charge in [-0.2, -0.15) is 0 Å². The van der Waals surface area contributed by atoms with Gasteiger partial charge in [0.15, 0.2) is 0 Å². The molecule has 0 rings (SSSR count). The summed E-state index contributed by atoms with van der Waals surface area (Å²) in [7, 11) is 0. The fourth-order valence-electron chi connectivity index (χ4n) is 3.04. The number of hydrogen-bond acceptors (Lipinski definition) is 7. The van der Waals surface area contributed by atoms with E-state index < -0.39 is 0 Å². The first-order valence-corrected chi connectivity index (χ1v) is 12.7. The molecule has 0 heterocycles. The summed E-state index contributed by atoms with van der Waals surface area (Å²) in [6.07, 6.45) is 13.5. The average molecular weight is 461 g/mol. The summed E-state index contributed by atoms with van der Waals surface area (Å²) in [5.74, 6) is -0.290. The van der Waals surface area contributed by atoms with E-state index in [-0.39, 0.29) is 25.2 Å². The zero-order valence-electron chi connectivity index (χ0n) is 20.7. The number of rotatable bonds is 25. The van der Waals surface area contributed by atoms with Crippen molar-refractivity contribution < 1.29 is 33.3 Å². The van der Waals surface area contributed by atoms with Gasteiger partial charge in [0.25, 0.3) is 0 Å². The lowest BCUT2D eigenvalue weighted by Crippen LogP contribution is -2.15. The molecule has 0 saturated heterocycles. The van der Waals surface area contributed by atoms with Gasteiger partial charge in [0.05, 0.1) is 39.6 Å². The van der Waals surface area contributed by atoms with E-state index in [0.717, 1.165) is 25.7 Å². The Hall–Kier alpha value is -1.18. The second kappa shape index (κ2) is 26.1. The number of carbonyl (C=O) groups excluding carboxylic acids is 2. The van der Waals surface area contributed by atoms with Gasteiger partial charge in [0.2, 0.25) is 0 Å². The molecule has 0 aromatic heterocycles. The van der Waals surface area contributed by atoms with Gasteiger partial charge in [0.1, 0.15) is 13.2 Å². The number of esters is 2. The highest BCUT2D eigenvalue weighted by atomic mass is 16.6. The molecule has 0 aromatic rings. The van der Waals surface area contributed by atoms with Crippen LogP contribution in [0.5, 0.6) is 0 Å². The van der Waals surface area contributed by atoms with Crippen molar-refractivity contribution in [1.29, 1.82) is 0 Å². The molecule has 0 spiro atoms. The van der Waals surface area contributed by atoms with E-state index in [4.69, 9.17) is 23.7 Å². The normalized spacial score (nSPS) is 10.9. The Bertz CT molecular complexity index is 415. The first kappa shape index (κ1) is 30.8. The predicted molar refractivity (Wildman–Crippen MR) is 126 cm³/mol. The van der Waals surface area contributed by atoms with E-state index in [9.17, 15) is 9.59 Å². The van der Waals surface area contributed by atoms with Crippen molar-refractivity contribution in [2.75, 3.05) is 52.9 Å². The van der Waals surface area contributed by atoms with Gasteiger partial charge in [-0.3, -0.25) is 9.59 Å². The van der Waals surface area contributed by atoms with E-state index in [0.29, 0.717) is 52.5 Å². The zero-order valence-corrected chi connectivity index (χ0v) is 20.7. The molecule has 0 aliphatic carbocycles. The largest absolute Gasteiger partial charge is 0.463 e. The molecule has 7 nitrogen and oxygen atoms in total. The summed E-state index contributed by atoms with van der Waals surface area (Å²) in [4.78, 5) is 23.1. The Morgan fingerprint density at radius 2 is 0.750 bits per heavy atom.